The van der Waals surface area contributed by atoms with Crippen molar-refractivity contribution in [3.63, 3.8) is 0 Å². The predicted molar refractivity (Wildman–Crippen MR) is 229 cm³/mol. The van der Waals surface area contributed by atoms with Crippen molar-refractivity contribution in [1.29, 1.82) is 0 Å². The summed E-state index contributed by atoms with van der Waals surface area (Å²) in [5, 5.41) is 1.32. The summed E-state index contributed by atoms with van der Waals surface area (Å²) in [6.07, 6.45) is 12.4. The predicted octanol–water partition coefficient (Wildman–Crippen LogP) is 13.4. The van der Waals surface area contributed by atoms with E-state index in [0.717, 1.165) is 40.3 Å². The molecule has 0 fully saturated rings. The topological polar surface area (TPSA) is 30.7 Å². The average molecular weight is 740 g/mol. The third-order valence-corrected chi connectivity index (χ3v) is 13.4. The maximum absolute atomic E-state index is 5.04. The van der Waals surface area contributed by atoms with Crippen molar-refractivity contribution in [3.8, 4) is 50.7 Å². The van der Waals surface area contributed by atoms with E-state index in [1.165, 1.54) is 64.1 Å². The third kappa shape index (κ3) is 5.70. The first-order valence-electron chi connectivity index (χ1n) is 18.7. The lowest BCUT2D eigenvalue weighted by atomic mass is 9.83. The minimum absolute atomic E-state index is 0.388. The van der Waals surface area contributed by atoms with Crippen LogP contribution in [-0.2, 0) is 6.42 Å². The SMILES string of the molecule is C1=CC2=Cc3c(n(-c4ccc(-c5ccc(-c6cc(-c7ccccc7)nc(-c7ccccc7)n6)cc5)cc4)c4c5c(ccc34)Sc3ccccc3S5)CC2C=C1. The molecule has 0 saturated heterocycles. The van der Waals surface area contributed by atoms with Gasteiger partial charge >= 0.3 is 0 Å². The molecule has 0 radical (unpaired) electrons. The molecule has 11 rings (SSSR count). The lowest BCUT2D eigenvalue weighted by Crippen LogP contribution is -2.14. The lowest BCUT2D eigenvalue weighted by molar-refractivity contribution is 0.725. The van der Waals surface area contributed by atoms with E-state index in [2.05, 4.69) is 162 Å². The molecule has 0 bridgehead atoms. The van der Waals surface area contributed by atoms with Crippen LogP contribution in [0.15, 0.2) is 201 Å². The summed E-state index contributed by atoms with van der Waals surface area (Å²) in [5.41, 5.74) is 13.9. The molecule has 6 aromatic carbocycles. The molecule has 1 aliphatic heterocycles. The van der Waals surface area contributed by atoms with E-state index in [0.29, 0.717) is 5.92 Å². The van der Waals surface area contributed by atoms with E-state index < -0.39 is 0 Å². The van der Waals surface area contributed by atoms with Gasteiger partial charge in [-0.25, -0.2) is 9.97 Å². The van der Waals surface area contributed by atoms with Gasteiger partial charge in [0.2, 0.25) is 0 Å². The molecule has 0 spiro atoms. The van der Waals surface area contributed by atoms with Crippen molar-refractivity contribution in [2.45, 2.75) is 26.0 Å². The van der Waals surface area contributed by atoms with Crippen molar-refractivity contribution in [3.05, 3.63) is 193 Å². The van der Waals surface area contributed by atoms with E-state index in [1.54, 1.807) is 0 Å². The molecule has 3 nitrogen and oxygen atoms in total. The van der Waals surface area contributed by atoms with Gasteiger partial charge in [0.15, 0.2) is 5.82 Å². The molecule has 260 valence electrons. The Bertz CT molecular complexity index is 2810. The van der Waals surface area contributed by atoms with Crippen LogP contribution in [0.5, 0.6) is 0 Å². The number of benzene rings is 6. The van der Waals surface area contributed by atoms with Crippen molar-refractivity contribution >= 4 is 40.5 Å². The van der Waals surface area contributed by atoms with Crippen LogP contribution in [0.1, 0.15) is 11.3 Å². The fourth-order valence-electron chi connectivity index (χ4n) is 8.10. The van der Waals surface area contributed by atoms with Crippen LogP contribution >= 0.6 is 23.5 Å². The summed E-state index contributed by atoms with van der Waals surface area (Å²) in [5.74, 6) is 1.11. The Hall–Kier alpha value is -6.14. The van der Waals surface area contributed by atoms with E-state index in [-0.39, 0.29) is 0 Å². The van der Waals surface area contributed by atoms with Crippen molar-refractivity contribution in [2.24, 2.45) is 5.92 Å². The zero-order valence-electron chi connectivity index (χ0n) is 29.8. The molecule has 8 aromatic rings. The highest BCUT2D eigenvalue weighted by molar-refractivity contribution is 8.05. The zero-order chi connectivity index (χ0) is 36.3. The number of nitrogens with zero attached hydrogens (tertiary/aromatic N) is 3. The van der Waals surface area contributed by atoms with Gasteiger partial charge in [-0.05, 0) is 65.6 Å². The maximum Gasteiger partial charge on any atom is 0.160 e. The normalized spacial score (nSPS) is 15.2. The Morgan fingerprint density at radius 2 is 1.16 bits per heavy atom. The molecule has 1 atom stereocenters. The van der Waals surface area contributed by atoms with Crippen LogP contribution in [-0.4, -0.2) is 14.5 Å². The van der Waals surface area contributed by atoms with Crippen LogP contribution in [0.25, 0.3) is 67.7 Å². The van der Waals surface area contributed by atoms with Gasteiger partial charge in [-0.3, -0.25) is 0 Å². The number of hydrogen-bond donors (Lipinski definition) is 0. The lowest BCUT2D eigenvalue weighted by Gasteiger charge is -2.24. The highest BCUT2D eigenvalue weighted by atomic mass is 32.2. The number of rotatable bonds is 5. The van der Waals surface area contributed by atoms with E-state index >= 15 is 0 Å². The summed E-state index contributed by atoms with van der Waals surface area (Å²) < 4.78 is 2.56. The van der Waals surface area contributed by atoms with Crippen LogP contribution in [0.3, 0.4) is 0 Å². The van der Waals surface area contributed by atoms with Crippen LogP contribution in [0, 0.1) is 5.92 Å². The first-order valence-corrected chi connectivity index (χ1v) is 20.3. The first-order chi connectivity index (χ1) is 27.2. The first kappa shape index (κ1) is 32.3. The quantitative estimate of drug-likeness (QED) is 0.176. The molecule has 3 aliphatic rings. The van der Waals surface area contributed by atoms with Gasteiger partial charge in [-0.2, -0.15) is 0 Å². The number of fused-ring (bicyclic) bond motifs is 7. The van der Waals surface area contributed by atoms with E-state index in [4.69, 9.17) is 9.97 Å². The Labute approximate surface area is 328 Å². The molecule has 1 unspecified atom stereocenters. The second kappa shape index (κ2) is 13.3. The Morgan fingerprint density at radius 1 is 0.545 bits per heavy atom. The standard InChI is InChI=1S/C50H33N3S2/c1-3-11-34(12-4-1)42-31-43(52-50(51-42)36-13-5-2-6-14-36)35-21-19-32(20-22-35)33-23-25-39(26-24-33)53-44-30-38-16-8-7-15-37(38)29-41(44)40-27-28-47-49(48(40)53)55-46-18-10-9-17-45(46)54-47/h1-29,31,38H,30H2. The van der Waals surface area contributed by atoms with Gasteiger partial charge < -0.3 is 4.57 Å². The molecule has 55 heavy (non-hydrogen) atoms. The molecular formula is C50H33N3S2. The average Bonchev–Trinajstić information content (AvgIpc) is 3.59. The number of aromatic nitrogens is 3. The molecule has 2 aliphatic carbocycles. The third-order valence-electron chi connectivity index (χ3n) is 10.8. The summed E-state index contributed by atoms with van der Waals surface area (Å²) in [7, 11) is 0. The highest BCUT2D eigenvalue weighted by Crippen LogP contribution is 2.53. The van der Waals surface area contributed by atoms with Crippen LogP contribution in [0.2, 0.25) is 0 Å². The second-order valence-electron chi connectivity index (χ2n) is 14.2. The maximum atomic E-state index is 5.04. The minimum Gasteiger partial charge on any atom is -0.312 e. The molecule has 3 heterocycles. The number of allylic oxidation sites excluding steroid dienone is 5. The molecule has 0 amide bonds. The Kier molecular flexibility index (Phi) is 7.82. The minimum atomic E-state index is 0.388. The fourth-order valence-corrected chi connectivity index (χ4v) is 10.5. The van der Waals surface area contributed by atoms with Gasteiger partial charge in [-0.15, -0.1) is 0 Å². The molecular weight excluding hydrogens is 707 g/mol. The molecule has 0 N–H and O–H groups in total. The largest absolute Gasteiger partial charge is 0.312 e. The Balaban J connectivity index is 0.976. The molecule has 2 aromatic heterocycles. The summed E-state index contributed by atoms with van der Waals surface area (Å²) in [4.78, 5) is 15.3. The van der Waals surface area contributed by atoms with Crippen LogP contribution < -0.4 is 0 Å². The smallest absolute Gasteiger partial charge is 0.160 e. The van der Waals surface area contributed by atoms with Crippen molar-refractivity contribution in [1.82, 2.24) is 14.5 Å². The summed E-state index contributed by atoms with van der Waals surface area (Å²) in [6.45, 7) is 0. The monoisotopic (exact) mass is 739 g/mol. The van der Waals surface area contributed by atoms with Gasteiger partial charge in [0.25, 0.3) is 0 Å². The summed E-state index contributed by atoms with van der Waals surface area (Å²) in [6, 6.07) is 54.0. The van der Waals surface area contributed by atoms with Crippen molar-refractivity contribution < 1.29 is 0 Å². The van der Waals surface area contributed by atoms with E-state index in [1.807, 2.05) is 47.8 Å². The zero-order valence-corrected chi connectivity index (χ0v) is 31.4. The molecule has 5 heteroatoms. The highest BCUT2D eigenvalue weighted by Gasteiger charge is 2.30. The van der Waals surface area contributed by atoms with E-state index in [9.17, 15) is 0 Å². The van der Waals surface area contributed by atoms with Gasteiger partial charge in [-0.1, -0.05) is 163 Å². The second-order valence-corrected chi connectivity index (χ2v) is 16.3. The fraction of sp³-hybridized carbons (Fsp3) is 0.0400. The van der Waals surface area contributed by atoms with Crippen LogP contribution in [0.4, 0.5) is 0 Å². The molecule has 0 saturated carbocycles. The summed E-state index contributed by atoms with van der Waals surface area (Å²) >= 11 is 3.79. The Morgan fingerprint density at radius 3 is 1.89 bits per heavy atom. The van der Waals surface area contributed by atoms with Crippen molar-refractivity contribution in [2.75, 3.05) is 0 Å². The van der Waals surface area contributed by atoms with Gasteiger partial charge in [0, 0.05) is 59.6 Å². The van der Waals surface area contributed by atoms with Gasteiger partial charge in [0.05, 0.1) is 21.8 Å². The van der Waals surface area contributed by atoms with Gasteiger partial charge in [0.1, 0.15) is 0 Å². The number of hydrogen-bond acceptors (Lipinski definition) is 4.